The Labute approximate surface area is 220 Å². The van der Waals surface area contributed by atoms with Gasteiger partial charge in [-0.1, -0.05) is 63.1 Å². The Morgan fingerprint density at radius 3 is 2.35 bits per heavy atom. The van der Waals surface area contributed by atoms with Crippen LogP contribution in [-0.2, 0) is 6.42 Å². The average Bonchev–Trinajstić information content (AvgIpc) is 3.41. The number of urea groups is 1. The lowest BCUT2D eigenvalue weighted by Gasteiger charge is -2.32. The molecule has 2 amide bonds. The number of aromatic nitrogens is 2. The number of anilines is 3. The van der Waals surface area contributed by atoms with Crippen molar-refractivity contribution >= 4 is 28.8 Å². The summed E-state index contributed by atoms with van der Waals surface area (Å²) >= 11 is 0. The van der Waals surface area contributed by atoms with E-state index in [4.69, 9.17) is 5.10 Å². The number of fused-ring (bicyclic) bond motifs is 1. The molecule has 2 heterocycles. The van der Waals surface area contributed by atoms with Crippen molar-refractivity contribution in [1.29, 1.82) is 0 Å². The van der Waals surface area contributed by atoms with Crippen LogP contribution in [0, 0.1) is 0 Å². The Morgan fingerprint density at radius 1 is 0.946 bits per heavy atom. The van der Waals surface area contributed by atoms with Crippen LogP contribution >= 0.6 is 0 Å². The molecule has 0 saturated heterocycles. The summed E-state index contributed by atoms with van der Waals surface area (Å²) in [6.07, 6.45) is 15.1. The largest absolute Gasteiger partial charge is 0.385 e. The second-order valence-corrected chi connectivity index (χ2v) is 10.1. The standard InChI is InChI=1S/C30H38N6O/c1-23-27-13-9-10-14-28(27)35(25-17-15-24(16-18-25)31-20-19-29-32-21-22-33-29)30(37)36(34-23)26-11-7-5-3-2-4-6-8-12-26/h9-10,13-18,21-22,26,31H,2-8,11-12,19-20H2,1H3,(H,32,33). The lowest BCUT2D eigenvalue weighted by molar-refractivity contribution is 0.174. The summed E-state index contributed by atoms with van der Waals surface area (Å²) in [6, 6.07) is 16.3. The van der Waals surface area contributed by atoms with E-state index in [1.807, 2.05) is 60.5 Å². The first-order valence-electron chi connectivity index (χ1n) is 13.8. The number of carbonyl (C=O) groups excluding carboxylic acids is 1. The quantitative estimate of drug-likeness (QED) is 0.376. The molecule has 3 aromatic rings. The monoisotopic (exact) mass is 498 g/mol. The molecule has 1 aliphatic carbocycles. The molecule has 2 N–H and O–H groups in total. The molecule has 2 aliphatic rings. The van der Waals surface area contributed by atoms with Gasteiger partial charge in [0.2, 0.25) is 0 Å². The average molecular weight is 499 g/mol. The van der Waals surface area contributed by atoms with Gasteiger partial charge in [0.05, 0.1) is 23.1 Å². The minimum Gasteiger partial charge on any atom is -0.385 e. The minimum atomic E-state index is -0.0649. The fraction of sp³-hybridized carbons (Fsp3) is 0.433. The molecular weight excluding hydrogens is 460 g/mol. The number of hydrazone groups is 1. The zero-order valence-electron chi connectivity index (χ0n) is 21.8. The maximum absolute atomic E-state index is 14.2. The number of nitrogens with zero attached hydrogens (tertiary/aromatic N) is 4. The fourth-order valence-corrected chi connectivity index (χ4v) is 5.45. The number of hydrogen-bond acceptors (Lipinski definition) is 4. The van der Waals surface area contributed by atoms with Gasteiger partial charge in [0, 0.05) is 36.6 Å². The maximum atomic E-state index is 14.2. The van der Waals surface area contributed by atoms with Crippen molar-refractivity contribution in [2.75, 3.05) is 16.8 Å². The Morgan fingerprint density at radius 2 is 1.65 bits per heavy atom. The molecule has 7 heteroatoms. The van der Waals surface area contributed by atoms with E-state index in [9.17, 15) is 4.79 Å². The van der Waals surface area contributed by atoms with Crippen molar-refractivity contribution in [2.45, 2.75) is 77.2 Å². The van der Waals surface area contributed by atoms with Gasteiger partial charge in [-0.25, -0.2) is 14.8 Å². The summed E-state index contributed by atoms with van der Waals surface area (Å²) in [7, 11) is 0. The lowest BCUT2D eigenvalue weighted by Crippen LogP contribution is -2.43. The third-order valence-electron chi connectivity index (χ3n) is 7.47. The van der Waals surface area contributed by atoms with Gasteiger partial charge in [-0.15, -0.1) is 0 Å². The first-order valence-corrected chi connectivity index (χ1v) is 13.8. The van der Waals surface area contributed by atoms with Crippen LogP contribution < -0.4 is 10.2 Å². The second-order valence-electron chi connectivity index (χ2n) is 10.1. The summed E-state index contributed by atoms with van der Waals surface area (Å²) < 4.78 is 0. The molecule has 1 aliphatic heterocycles. The first-order chi connectivity index (χ1) is 18.2. The van der Waals surface area contributed by atoms with Gasteiger partial charge in [-0.2, -0.15) is 5.10 Å². The van der Waals surface area contributed by atoms with Gasteiger partial charge in [0.25, 0.3) is 0 Å². The van der Waals surface area contributed by atoms with Crippen LogP contribution in [0.3, 0.4) is 0 Å². The Balaban J connectivity index is 1.39. The molecule has 5 rings (SSSR count). The van der Waals surface area contributed by atoms with E-state index in [2.05, 4.69) is 21.4 Å². The van der Waals surface area contributed by atoms with Crippen molar-refractivity contribution in [3.63, 3.8) is 0 Å². The highest BCUT2D eigenvalue weighted by atomic mass is 16.2. The van der Waals surface area contributed by atoms with Crippen LogP contribution in [0.25, 0.3) is 0 Å². The van der Waals surface area contributed by atoms with E-state index >= 15 is 0 Å². The molecule has 0 radical (unpaired) electrons. The lowest BCUT2D eigenvalue weighted by atomic mass is 9.97. The van der Waals surface area contributed by atoms with E-state index in [1.165, 1.54) is 32.1 Å². The van der Waals surface area contributed by atoms with Crippen molar-refractivity contribution in [2.24, 2.45) is 5.10 Å². The number of imidazole rings is 1. The molecule has 0 unspecified atom stereocenters. The van der Waals surface area contributed by atoms with Gasteiger partial charge in [0.15, 0.2) is 0 Å². The van der Waals surface area contributed by atoms with E-state index in [0.717, 1.165) is 72.8 Å². The zero-order chi connectivity index (χ0) is 25.5. The number of rotatable bonds is 6. The second kappa shape index (κ2) is 12.1. The first kappa shape index (κ1) is 25.1. The number of amides is 2. The molecule has 1 saturated carbocycles. The molecule has 194 valence electrons. The van der Waals surface area contributed by atoms with Gasteiger partial charge in [0.1, 0.15) is 5.82 Å². The number of hydrogen-bond donors (Lipinski definition) is 2. The molecular formula is C30H38N6O. The van der Waals surface area contributed by atoms with E-state index in [-0.39, 0.29) is 12.1 Å². The topological polar surface area (TPSA) is 76.6 Å². The summed E-state index contributed by atoms with van der Waals surface area (Å²) in [6.45, 7) is 2.80. The highest BCUT2D eigenvalue weighted by Gasteiger charge is 2.33. The molecule has 2 aromatic carbocycles. The van der Waals surface area contributed by atoms with Gasteiger partial charge >= 0.3 is 6.03 Å². The third kappa shape index (κ3) is 6.04. The minimum absolute atomic E-state index is 0.0649. The number of carbonyl (C=O) groups is 1. The zero-order valence-corrected chi connectivity index (χ0v) is 21.8. The summed E-state index contributed by atoms with van der Waals surface area (Å²) in [4.78, 5) is 23.5. The van der Waals surface area contributed by atoms with Gasteiger partial charge < -0.3 is 10.3 Å². The van der Waals surface area contributed by atoms with E-state index < -0.39 is 0 Å². The van der Waals surface area contributed by atoms with Crippen LogP contribution in [0.4, 0.5) is 21.9 Å². The van der Waals surface area contributed by atoms with Crippen molar-refractivity contribution in [1.82, 2.24) is 15.0 Å². The predicted molar refractivity (Wildman–Crippen MR) is 151 cm³/mol. The van der Waals surface area contributed by atoms with E-state index in [1.54, 1.807) is 11.2 Å². The Bertz CT molecular complexity index is 1180. The molecule has 1 fully saturated rings. The summed E-state index contributed by atoms with van der Waals surface area (Å²) in [5.41, 5.74) is 4.64. The predicted octanol–water partition coefficient (Wildman–Crippen LogP) is 7.26. The Hall–Kier alpha value is -3.61. The number of H-pyrrole nitrogens is 1. The number of nitrogens with one attached hydrogen (secondary N) is 2. The van der Waals surface area contributed by atoms with Crippen LogP contribution in [-0.4, -0.2) is 39.3 Å². The maximum Gasteiger partial charge on any atom is 0.349 e. The normalized spacial score (nSPS) is 17.6. The van der Waals surface area contributed by atoms with Crippen molar-refractivity contribution in [3.8, 4) is 0 Å². The van der Waals surface area contributed by atoms with Crippen LogP contribution in [0.5, 0.6) is 0 Å². The summed E-state index contributed by atoms with van der Waals surface area (Å²) in [5.74, 6) is 0.965. The fourth-order valence-electron chi connectivity index (χ4n) is 5.45. The van der Waals surface area contributed by atoms with Crippen molar-refractivity contribution < 1.29 is 4.79 Å². The van der Waals surface area contributed by atoms with Gasteiger partial charge in [-0.05, 0) is 50.1 Å². The van der Waals surface area contributed by atoms with Crippen LogP contribution in [0.1, 0.15) is 76.1 Å². The number of benzene rings is 2. The van der Waals surface area contributed by atoms with Gasteiger partial charge in [-0.3, -0.25) is 4.90 Å². The van der Waals surface area contributed by atoms with Crippen LogP contribution in [0.15, 0.2) is 66.0 Å². The highest BCUT2D eigenvalue weighted by molar-refractivity contribution is 6.12. The third-order valence-corrected chi connectivity index (χ3v) is 7.47. The number of para-hydroxylation sites is 1. The molecule has 37 heavy (non-hydrogen) atoms. The molecule has 0 bridgehead atoms. The molecule has 1 aromatic heterocycles. The number of aromatic amines is 1. The summed E-state index contributed by atoms with van der Waals surface area (Å²) in [5, 5.41) is 10.2. The van der Waals surface area contributed by atoms with Crippen molar-refractivity contribution in [3.05, 3.63) is 72.3 Å². The molecule has 0 atom stereocenters. The molecule has 7 nitrogen and oxygen atoms in total. The smallest absolute Gasteiger partial charge is 0.349 e. The highest BCUT2D eigenvalue weighted by Crippen LogP contribution is 2.35. The SMILES string of the molecule is CC1=NN(C2CCCCCCCCC2)C(=O)N(c2ccc(NCCc3ncc[nH]3)cc2)c2ccccc21. The molecule has 0 spiro atoms. The van der Waals surface area contributed by atoms with E-state index in [0.29, 0.717) is 0 Å². The Kier molecular flexibility index (Phi) is 8.18. The van der Waals surface area contributed by atoms with Crippen LogP contribution in [0.2, 0.25) is 0 Å².